The number of carbonyl (C=O) groups is 4. The van der Waals surface area contributed by atoms with Crippen LogP contribution in [0.25, 0.3) is 0 Å². The number of aliphatic hydroxyl groups excluding tert-OH is 6. The molecule has 1 aromatic carbocycles. The van der Waals surface area contributed by atoms with Crippen LogP contribution in [0.3, 0.4) is 0 Å². The Morgan fingerprint density at radius 1 is 0.863 bits per heavy atom. The van der Waals surface area contributed by atoms with Gasteiger partial charge in [-0.2, -0.15) is 0 Å². The third kappa shape index (κ3) is 7.51. The normalized spacial score (nSPS) is 35.1. The largest absolute Gasteiger partial charge is 0.504 e. The number of benzene rings is 1. The molecule has 1 aromatic rings. The first kappa shape index (κ1) is 37.5. The number of carboxylic acid groups (broad SMARTS) is 4. The molecular weight excluding hydrogens is 692 g/mol. The molecule has 2 fully saturated rings. The molecule has 11 N–H and O–H groups in total. The molecule has 4 aliphatic rings. The van der Waals surface area contributed by atoms with Gasteiger partial charge >= 0.3 is 23.9 Å². The van der Waals surface area contributed by atoms with Crippen molar-refractivity contribution in [1.29, 1.82) is 0 Å². The summed E-state index contributed by atoms with van der Waals surface area (Å²) in [5.74, 6) is -6.91. The number of aliphatic carboxylic acids is 4. The number of nitrogens with zero attached hydrogens (tertiary/aromatic N) is 2. The van der Waals surface area contributed by atoms with Gasteiger partial charge in [-0.15, -0.1) is 0 Å². The fourth-order valence-electron chi connectivity index (χ4n) is 5.96. The zero-order valence-corrected chi connectivity index (χ0v) is 26.0. The molecule has 51 heavy (non-hydrogen) atoms. The number of phenols is 1. The van der Waals surface area contributed by atoms with Crippen molar-refractivity contribution in [3.05, 3.63) is 41.6 Å². The predicted molar refractivity (Wildman–Crippen MR) is 162 cm³/mol. The van der Waals surface area contributed by atoms with E-state index in [1.54, 1.807) is 0 Å². The fourth-order valence-corrected chi connectivity index (χ4v) is 5.96. The number of aromatic hydroxyl groups is 1. The number of fused-ring (bicyclic) bond motifs is 1. The second-order valence-electron chi connectivity index (χ2n) is 12.0. The van der Waals surface area contributed by atoms with Crippen molar-refractivity contribution in [2.24, 2.45) is 4.99 Å². The standard InChI is InChI=1S/C30H34N2O19/c33-8-17-18(35)20(37)24(51-29-22(39)19(36)21(38)23(50-29)28(46)47)30(49-17)48-16-6-10-5-14(27(44)45)32(13(10)7-15(16)34)2-1-9-3-11(25(40)41)31-12(4-9)26(42)43/h1-3,6-7,12,14,17-24,29-30,33-39H,4-5,8H2,(H,40,41)(H,42,43)(H,44,45)(H,46,47)/b2-1+/t12-,14+,17+,18+,19-,20-,21-,22+,23-,24+,29-,30+/m0/s1. The summed E-state index contributed by atoms with van der Waals surface area (Å²) in [4.78, 5) is 51.7. The fraction of sp³-hybridized carbons (Fsp3) is 0.500. The van der Waals surface area contributed by atoms with Crippen molar-refractivity contribution >= 4 is 35.3 Å². The number of hydrogen-bond donors (Lipinski definition) is 11. The van der Waals surface area contributed by atoms with Gasteiger partial charge < -0.3 is 80.0 Å². The highest BCUT2D eigenvalue weighted by molar-refractivity contribution is 6.41. The summed E-state index contributed by atoms with van der Waals surface area (Å²) >= 11 is 0. The number of aliphatic imine (C=N–C) groups is 1. The molecule has 5 rings (SSSR count). The van der Waals surface area contributed by atoms with Gasteiger partial charge in [0.05, 0.1) is 6.61 Å². The van der Waals surface area contributed by atoms with E-state index in [1.807, 2.05) is 0 Å². The molecule has 0 radical (unpaired) electrons. The van der Waals surface area contributed by atoms with Crippen LogP contribution in [0.2, 0.25) is 0 Å². The van der Waals surface area contributed by atoms with Crippen LogP contribution < -0.4 is 9.64 Å². The van der Waals surface area contributed by atoms with Crippen LogP contribution in [-0.4, -0.2) is 166 Å². The van der Waals surface area contributed by atoms with Gasteiger partial charge in [0, 0.05) is 30.8 Å². The van der Waals surface area contributed by atoms with Crippen molar-refractivity contribution < 1.29 is 94.3 Å². The minimum atomic E-state index is -2.10. The summed E-state index contributed by atoms with van der Waals surface area (Å²) in [6.45, 7) is -0.861. The molecule has 4 aliphatic heterocycles. The van der Waals surface area contributed by atoms with Crippen molar-refractivity contribution in [2.45, 2.75) is 86.3 Å². The molecule has 21 nitrogen and oxygen atoms in total. The molecule has 0 unspecified atom stereocenters. The van der Waals surface area contributed by atoms with Crippen molar-refractivity contribution in [2.75, 3.05) is 11.5 Å². The molecule has 0 aliphatic carbocycles. The lowest BCUT2D eigenvalue weighted by molar-refractivity contribution is -0.353. The number of anilines is 1. The zero-order valence-electron chi connectivity index (χ0n) is 26.0. The monoisotopic (exact) mass is 726 g/mol. The van der Waals surface area contributed by atoms with E-state index in [2.05, 4.69) is 4.99 Å². The Labute approximate surface area is 285 Å². The lowest BCUT2D eigenvalue weighted by Crippen LogP contribution is -2.65. The third-order valence-corrected chi connectivity index (χ3v) is 8.64. The van der Waals surface area contributed by atoms with Crippen molar-refractivity contribution in [3.8, 4) is 11.5 Å². The average Bonchev–Trinajstić information content (AvgIpc) is 3.43. The first-order chi connectivity index (χ1) is 24.0. The topological polar surface area (TPSA) is 343 Å². The van der Waals surface area contributed by atoms with Crippen LogP contribution in [0.4, 0.5) is 5.69 Å². The summed E-state index contributed by atoms with van der Waals surface area (Å²) in [7, 11) is 0. The van der Waals surface area contributed by atoms with Crippen LogP contribution >= 0.6 is 0 Å². The number of carboxylic acids is 4. The van der Waals surface area contributed by atoms with E-state index in [0.717, 1.165) is 12.1 Å². The van der Waals surface area contributed by atoms with E-state index in [4.69, 9.17) is 18.9 Å². The second kappa shape index (κ2) is 14.9. The maximum absolute atomic E-state index is 12.2. The van der Waals surface area contributed by atoms with Gasteiger partial charge in [-0.05, 0) is 29.4 Å². The molecule has 0 aromatic heterocycles. The average molecular weight is 727 g/mol. The Morgan fingerprint density at radius 2 is 1.57 bits per heavy atom. The summed E-state index contributed by atoms with van der Waals surface area (Å²) in [6, 6.07) is -0.352. The maximum atomic E-state index is 12.2. The number of aliphatic hydroxyl groups is 6. The van der Waals surface area contributed by atoms with Gasteiger partial charge in [-0.1, -0.05) is 0 Å². The van der Waals surface area contributed by atoms with E-state index >= 15 is 0 Å². The minimum Gasteiger partial charge on any atom is -0.504 e. The van der Waals surface area contributed by atoms with Crippen LogP contribution in [0.5, 0.6) is 11.5 Å². The lowest BCUT2D eigenvalue weighted by Gasteiger charge is -2.45. The predicted octanol–water partition coefficient (Wildman–Crippen LogP) is -3.87. The molecule has 0 saturated carbocycles. The van der Waals surface area contributed by atoms with Crippen molar-refractivity contribution in [3.63, 3.8) is 0 Å². The highest BCUT2D eigenvalue weighted by Crippen LogP contribution is 2.42. The Bertz CT molecular complexity index is 1640. The van der Waals surface area contributed by atoms with Gasteiger partial charge in [0.25, 0.3) is 0 Å². The smallest absolute Gasteiger partial charge is 0.354 e. The highest BCUT2D eigenvalue weighted by atomic mass is 16.8. The third-order valence-electron chi connectivity index (χ3n) is 8.64. The Hall–Kier alpha value is -4.71. The van der Waals surface area contributed by atoms with Gasteiger partial charge in [0.15, 0.2) is 36.0 Å². The van der Waals surface area contributed by atoms with Crippen LogP contribution in [0.15, 0.2) is 41.1 Å². The summed E-state index contributed by atoms with van der Waals surface area (Å²) < 4.78 is 21.9. The summed E-state index contributed by atoms with van der Waals surface area (Å²) in [5, 5.41) is 111. The quantitative estimate of drug-likeness (QED) is 0.104. The van der Waals surface area contributed by atoms with E-state index < -0.39 is 121 Å². The summed E-state index contributed by atoms with van der Waals surface area (Å²) in [5.41, 5.74) is 0.111. The second-order valence-corrected chi connectivity index (χ2v) is 12.0. The Balaban J connectivity index is 1.43. The van der Waals surface area contributed by atoms with Crippen LogP contribution in [-0.2, 0) is 39.8 Å². The van der Waals surface area contributed by atoms with E-state index in [9.17, 15) is 75.3 Å². The van der Waals surface area contributed by atoms with Gasteiger partial charge in [-0.3, -0.25) is 4.99 Å². The number of dihydropyridines is 1. The molecule has 4 heterocycles. The molecule has 0 spiro atoms. The molecule has 21 heteroatoms. The minimum absolute atomic E-state index is 0.147. The van der Waals surface area contributed by atoms with Gasteiger partial charge in [0.1, 0.15) is 48.4 Å². The first-order valence-corrected chi connectivity index (χ1v) is 15.2. The number of hydrogen-bond acceptors (Lipinski definition) is 17. The maximum Gasteiger partial charge on any atom is 0.354 e. The van der Waals surface area contributed by atoms with Gasteiger partial charge in [-0.25, -0.2) is 19.2 Å². The zero-order chi connectivity index (χ0) is 37.5. The Kier molecular flexibility index (Phi) is 10.9. The summed E-state index contributed by atoms with van der Waals surface area (Å²) in [6.07, 6.45) is -16.1. The highest BCUT2D eigenvalue weighted by Gasteiger charge is 2.53. The Morgan fingerprint density at radius 3 is 2.18 bits per heavy atom. The van der Waals surface area contributed by atoms with E-state index in [-0.39, 0.29) is 29.7 Å². The van der Waals surface area contributed by atoms with Crippen molar-refractivity contribution in [1.82, 2.24) is 0 Å². The van der Waals surface area contributed by atoms with Crippen LogP contribution in [0, 0.1) is 0 Å². The molecular formula is C30H34N2O19. The number of phenolic OH excluding ortho intramolecular Hbond substituents is 1. The van der Waals surface area contributed by atoms with E-state index in [1.165, 1.54) is 23.2 Å². The van der Waals surface area contributed by atoms with Crippen LogP contribution in [0.1, 0.15) is 12.0 Å². The molecule has 0 bridgehead atoms. The van der Waals surface area contributed by atoms with E-state index in [0.29, 0.717) is 0 Å². The number of allylic oxidation sites excluding steroid dienone is 1. The molecule has 278 valence electrons. The van der Waals surface area contributed by atoms with Gasteiger partial charge in [0.2, 0.25) is 6.29 Å². The SMILES string of the molecule is O=C(O)C1=N[C@H](C(=O)O)CC(/C=C/N2c3cc(O)c(O[C@@H]4O[C@H](CO)[C@@H](O)[C@H](O)[C@H]4O[C@@H]4O[C@H](C(=O)O)[C@@H](O)[C@H](O)[C@H]4O)cc3C[C@@H]2C(=O)O)=C1. The number of ether oxygens (including phenoxy) is 4. The first-order valence-electron chi connectivity index (χ1n) is 15.2. The molecule has 2 saturated heterocycles. The number of rotatable bonds is 11. The molecule has 0 amide bonds. The lowest BCUT2D eigenvalue weighted by atomic mass is 9.97. The molecule has 12 atom stereocenters.